The zero-order chi connectivity index (χ0) is 21.4. The summed E-state index contributed by atoms with van der Waals surface area (Å²) >= 11 is 0. The molecule has 0 aliphatic rings. The first-order valence-electron chi connectivity index (χ1n) is 10.2. The van der Waals surface area contributed by atoms with E-state index in [4.69, 9.17) is 19.8 Å². The molecule has 1 atom stereocenters. The Bertz CT molecular complexity index is 1350. The van der Waals surface area contributed by atoms with Crippen molar-refractivity contribution in [1.82, 2.24) is 15.3 Å². The van der Waals surface area contributed by atoms with Gasteiger partial charge >= 0.3 is 0 Å². The number of aromatic nitrogens is 3. The maximum absolute atomic E-state index is 6.68. The summed E-state index contributed by atoms with van der Waals surface area (Å²) in [4.78, 5) is 4.83. The van der Waals surface area contributed by atoms with Crippen LogP contribution in [0, 0.1) is 13.8 Å². The third-order valence-corrected chi connectivity index (χ3v) is 5.52. The number of aryl methyl sites for hydroxylation is 2. The van der Waals surface area contributed by atoms with Gasteiger partial charge in [-0.05, 0) is 43.7 Å². The van der Waals surface area contributed by atoms with Crippen LogP contribution in [0.15, 0.2) is 75.8 Å². The Morgan fingerprint density at radius 2 is 1.68 bits per heavy atom. The molecule has 0 aliphatic heterocycles. The molecule has 0 radical (unpaired) electrons. The third-order valence-electron chi connectivity index (χ3n) is 5.52. The lowest BCUT2D eigenvalue weighted by Gasteiger charge is -2.16. The standard InChI is InChI=1S/C25H22N4O2/c1-15-24(16(2)30-28-15)22-12-7-8-17(27-22)14-21(26)18-9-3-4-10-19(18)25-20-11-5-6-13-23(20)31-29-25/h3-13,21H,14,26H2,1-2H3. The number of pyridine rings is 1. The van der Waals surface area contributed by atoms with Crippen molar-refractivity contribution in [2.75, 3.05) is 0 Å². The van der Waals surface area contributed by atoms with Crippen LogP contribution in [0.25, 0.3) is 33.5 Å². The molecule has 154 valence electrons. The van der Waals surface area contributed by atoms with E-state index in [2.05, 4.69) is 10.3 Å². The van der Waals surface area contributed by atoms with Gasteiger partial charge in [-0.3, -0.25) is 4.98 Å². The maximum Gasteiger partial charge on any atom is 0.167 e. The fourth-order valence-corrected chi connectivity index (χ4v) is 4.03. The molecule has 0 amide bonds. The molecule has 6 heteroatoms. The van der Waals surface area contributed by atoms with E-state index in [1.807, 2.05) is 80.6 Å². The van der Waals surface area contributed by atoms with Gasteiger partial charge in [-0.25, -0.2) is 0 Å². The Hall–Kier alpha value is -3.77. The quantitative estimate of drug-likeness (QED) is 0.417. The molecule has 3 aromatic heterocycles. The Morgan fingerprint density at radius 3 is 2.52 bits per heavy atom. The first-order chi connectivity index (χ1) is 15.1. The molecule has 2 N–H and O–H groups in total. The number of nitrogens with zero attached hydrogens (tertiary/aromatic N) is 3. The fourth-order valence-electron chi connectivity index (χ4n) is 4.03. The van der Waals surface area contributed by atoms with Crippen molar-refractivity contribution >= 4 is 11.0 Å². The molecular weight excluding hydrogens is 388 g/mol. The molecule has 2 aromatic carbocycles. The molecule has 0 saturated heterocycles. The van der Waals surface area contributed by atoms with Gasteiger partial charge < -0.3 is 14.8 Å². The van der Waals surface area contributed by atoms with Crippen molar-refractivity contribution in [1.29, 1.82) is 0 Å². The lowest BCUT2D eigenvalue weighted by atomic mass is 9.94. The minimum absolute atomic E-state index is 0.251. The average Bonchev–Trinajstić information content (AvgIpc) is 3.36. The molecule has 31 heavy (non-hydrogen) atoms. The van der Waals surface area contributed by atoms with Gasteiger partial charge in [0.15, 0.2) is 5.58 Å². The van der Waals surface area contributed by atoms with Crippen molar-refractivity contribution in [3.63, 3.8) is 0 Å². The van der Waals surface area contributed by atoms with Crippen LogP contribution in [-0.2, 0) is 6.42 Å². The average molecular weight is 410 g/mol. The van der Waals surface area contributed by atoms with E-state index >= 15 is 0 Å². The number of para-hydroxylation sites is 1. The fraction of sp³-hybridized carbons (Fsp3) is 0.160. The van der Waals surface area contributed by atoms with E-state index in [0.717, 1.165) is 56.2 Å². The van der Waals surface area contributed by atoms with Crippen LogP contribution in [0.3, 0.4) is 0 Å². The zero-order valence-electron chi connectivity index (χ0n) is 17.4. The van der Waals surface area contributed by atoms with Gasteiger partial charge in [0.05, 0.1) is 17.0 Å². The Kier molecular flexibility index (Phi) is 4.84. The monoisotopic (exact) mass is 410 g/mol. The van der Waals surface area contributed by atoms with E-state index in [-0.39, 0.29) is 6.04 Å². The minimum Gasteiger partial charge on any atom is -0.361 e. The SMILES string of the molecule is Cc1noc(C)c1-c1cccc(CC(N)c2ccccc2-c2noc3ccccc23)n1. The molecule has 1 unspecified atom stereocenters. The number of hydrogen-bond acceptors (Lipinski definition) is 6. The maximum atomic E-state index is 6.68. The summed E-state index contributed by atoms with van der Waals surface area (Å²) in [7, 11) is 0. The molecule has 3 heterocycles. The smallest absolute Gasteiger partial charge is 0.167 e. The molecule has 0 bridgehead atoms. The molecule has 0 spiro atoms. The summed E-state index contributed by atoms with van der Waals surface area (Å²) in [6, 6.07) is 21.6. The summed E-state index contributed by atoms with van der Waals surface area (Å²) in [5.41, 5.74) is 13.7. The first kappa shape index (κ1) is 19.2. The van der Waals surface area contributed by atoms with E-state index < -0.39 is 0 Å². The van der Waals surface area contributed by atoms with Gasteiger partial charge in [0.25, 0.3) is 0 Å². The van der Waals surface area contributed by atoms with E-state index in [1.165, 1.54) is 0 Å². The zero-order valence-corrected chi connectivity index (χ0v) is 17.4. The van der Waals surface area contributed by atoms with E-state index in [9.17, 15) is 0 Å². The molecule has 0 fully saturated rings. The second-order valence-electron chi connectivity index (χ2n) is 7.64. The summed E-state index contributed by atoms with van der Waals surface area (Å²) in [5, 5.41) is 9.33. The van der Waals surface area contributed by atoms with Crippen molar-refractivity contribution in [2.45, 2.75) is 26.3 Å². The molecular formula is C25H22N4O2. The van der Waals surface area contributed by atoms with Gasteiger partial charge in [0, 0.05) is 29.1 Å². The Labute approximate surface area is 179 Å². The molecule has 0 aliphatic carbocycles. The topological polar surface area (TPSA) is 91.0 Å². The Morgan fingerprint density at radius 1 is 0.871 bits per heavy atom. The number of hydrogen-bond donors (Lipinski definition) is 1. The van der Waals surface area contributed by atoms with Gasteiger partial charge in [-0.1, -0.05) is 52.8 Å². The second-order valence-corrected chi connectivity index (χ2v) is 7.64. The van der Waals surface area contributed by atoms with Gasteiger partial charge in [-0.15, -0.1) is 0 Å². The number of rotatable bonds is 5. The van der Waals surface area contributed by atoms with Crippen LogP contribution in [0.4, 0.5) is 0 Å². The van der Waals surface area contributed by atoms with Crippen molar-refractivity contribution < 1.29 is 9.05 Å². The Balaban J connectivity index is 1.49. The second kappa shape index (κ2) is 7.81. The van der Waals surface area contributed by atoms with Crippen LogP contribution in [0.5, 0.6) is 0 Å². The summed E-state index contributed by atoms with van der Waals surface area (Å²) in [6.45, 7) is 3.82. The minimum atomic E-state index is -0.251. The van der Waals surface area contributed by atoms with Crippen LogP contribution < -0.4 is 5.73 Å². The van der Waals surface area contributed by atoms with E-state index in [0.29, 0.717) is 6.42 Å². The molecule has 5 aromatic rings. The van der Waals surface area contributed by atoms with Crippen LogP contribution >= 0.6 is 0 Å². The highest BCUT2D eigenvalue weighted by molar-refractivity contribution is 5.92. The normalized spacial score (nSPS) is 12.4. The van der Waals surface area contributed by atoms with Crippen LogP contribution in [0.1, 0.15) is 28.8 Å². The third kappa shape index (κ3) is 3.51. The van der Waals surface area contributed by atoms with Crippen molar-refractivity contribution in [3.05, 3.63) is 89.4 Å². The largest absolute Gasteiger partial charge is 0.361 e. The predicted octanol–water partition coefficient (Wildman–Crippen LogP) is 5.40. The van der Waals surface area contributed by atoms with Crippen LogP contribution in [0.2, 0.25) is 0 Å². The highest BCUT2D eigenvalue weighted by Gasteiger charge is 2.19. The first-order valence-corrected chi connectivity index (χ1v) is 10.2. The summed E-state index contributed by atoms with van der Waals surface area (Å²) in [5.74, 6) is 0.759. The van der Waals surface area contributed by atoms with E-state index in [1.54, 1.807) is 0 Å². The lowest BCUT2D eigenvalue weighted by Crippen LogP contribution is -2.15. The molecule has 5 rings (SSSR count). The number of nitrogens with two attached hydrogens (primary N) is 1. The van der Waals surface area contributed by atoms with Gasteiger partial charge in [-0.2, -0.15) is 0 Å². The predicted molar refractivity (Wildman–Crippen MR) is 119 cm³/mol. The summed E-state index contributed by atoms with van der Waals surface area (Å²) < 4.78 is 10.8. The van der Waals surface area contributed by atoms with Crippen molar-refractivity contribution in [2.24, 2.45) is 5.73 Å². The highest BCUT2D eigenvalue weighted by Crippen LogP contribution is 2.33. The van der Waals surface area contributed by atoms with Gasteiger partial charge in [0.1, 0.15) is 11.5 Å². The molecule has 0 saturated carbocycles. The highest BCUT2D eigenvalue weighted by atomic mass is 16.5. The van der Waals surface area contributed by atoms with Gasteiger partial charge in [0.2, 0.25) is 0 Å². The van der Waals surface area contributed by atoms with Crippen LogP contribution in [-0.4, -0.2) is 15.3 Å². The number of benzene rings is 2. The summed E-state index contributed by atoms with van der Waals surface area (Å²) in [6.07, 6.45) is 0.587. The molecule has 6 nitrogen and oxygen atoms in total. The number of fused-ring (bicyclic) bond motifs is 1. The lowest BCUT2D eigenvalue weighted by molar-refractivity contribution is 0.393. The van der Waals surface area contributed by atoms with Crippen molar-refractivity contribution in [3.8, 4) is 22.5 Å².